The van der Waals surface area contributed by atoms with Crippen molar-refractivity contribution in [3.05, 3.63) is 0 Å². The molecule has 0 aliphatic rings. The highest BCUT2D eigenvalue weighted by atomic mass is 16.2. The Balaban J connectivity index is 4.38. The predicted molar refractivity (Wildman–Crippen MR) is 167 cm³/mol. The molecule has 0 bridgehead atoms. The summed E-state index contributed by atoms with van der Waals surface area (Å²) in [6.07, 6.45) is 28.6. The maximum absolute atomic E-state index is 13.0. The van der Waals surface area contributed by atoms with E-state index >= 15 is 0 Å². The van der Waals surface area contributed by atoms with Gasteiger partial charge in [-0.05, 0) is 25.7 Å². The molecule has 4 nitrogen and oxygen atoms in total. The van der Waals surface area contributed by atoms with Crippen LogP contribution in [0, 0.1) is 0 Å². The molecule has 0 aliphatic heterocycles. The molecule has 0 aromatic carbocycles. The van der Waals surface area contributed by atoms with E-state index in [0.717, 1.165) is 51.6 Å². The molecule has 0 aromatic rings. The van der Waals surface area contributed by atoms with Gasteiger partial charge in [0.2, 0.25) is 11.8 Å². The van der Waals surface area contributed by atoms with Crippen LogP contribution in [0.1, 0.15) is 182 Å². The molecule has 0 fully saturated rings. The van der Waals surface area contributed by atoms with E-state index in [1.54, 1.807) is 0 Å². The fraction of sp³-hybridized carbons (Fsp3) is 0.941. The molecule has 0 saturated heterocycles. The van der Waals surface area contributed by atoms with E-state index < -0.39 is 0 Å². The minimum atomic E-state index is 0.295. The van der Waals surface area contributed by atoms with Crippen molar-refractivity contribution in [3.63, 3.8) is 0 Å². The van der Waals surface area contributed by atoms with E-state index in [1.165, 1.54) is 103 Å². The number of amides is 2. The number of carbonyl (C=O) groups excluding carboxylic acids is 2. The summed E-state index contributed by atoms with van der Waals surface area (Å²) < 4.78 is 0. The van der Waals surface area contributed by atoms with Crippen LogP contribution in [0.15, 0.2) is 0 Å². The summed E-state index contributed by atoms with van der Waals surface area (Å²) in [7, 11) is 0. The summed E-state index contributed by atoms with van der Waals surface area (Å²) in [6.45, 7) is 12.0. The summed E-state index contributed by atoms with van der Waals surface area (Å²) in [6, 6.07) is 0. The van der Waals surface area contributed by atoms with Gasteiger partial charge >= 0.3 is 0 Å². The fourth-order valence-corrected chi connectivity index (χ4v) is 5.15. The van der Waals surface area contributed by atoms with Crippen molar-refractivity contribution in [2.75, 3.05) is 26.2 Å². The Bertz CT molecular complexity index is 477. The molecule has 0 aliphatic carbocycles. The highest BCUT2D eigenvalue weighted by Crippen LogP contribution is 2.13. The van der Waals surface area contributed by atoms with Crippen LogP contribution in [0.4, 0.5) is 0 Å². The topological polar surface area (TPSA) is 40.6 Å². The lowest BCUT2D eigenvalue weighted by molar-refractivity contribution is -0.135. The molecule has 0 saturated carbocycles. The van der Waals surface area contributed by atoms with Crippen LogP contribution in [0.5, 0.6) is 0 Å². The lowest BCUT2D eigenvalue weighted by atomic mass is 10.1. The molecule has 0 atom stereocenters. The minimum Gasteiger partial charge on any atom is -0.341 e. The molecular weight excluding hydrogens is 468 g/mol. The molecule has 0 unspecified atom stereocenters. The Kier molecular flexibility index (Phi) is 28.1. The summed E-state index contributed by atoms with van der Waals surface area (Å²) in [5, 5.41) is 0. The molecule has 38 heavy (non-hydrogen) atoms. The van der Waals surface area contributed by atoms with Crippen LogP contribution in [0.25, 0.3) is 0 Å². The van der Waals surface area contributed by atoms with E-state index in [4.69, 9.17) is 0 Å². The van der Waals surface area contributed by atoms with Crippen molar-refractivity contribution < 1.29 is 9.59 Å². The Morgan fingerprint density at radius 3 is 0.895 bits per heavy atom. The second-order valence-corrected chi connectivity index (χ2v) is 11.6. The van der Waals surface area contributed by atoms with Crippen LogP contribution in [-0.4, -0.2) is 47.8 Å². The summed E-state index contributed by atoms with van der Waals surface area (Å²) >= 11 is 0. The van der Waals surface area contributed by atoms with Gasteiger partial charge < -0.3 is 9.80 Å². The van der Waals surface area contributed by atoms with E-state index in [2.05, 4.69) is 37.5 Å². The number of hydrogen-bond acceptors (Lipinski definition) is 2. The Morgan fingerprint density at radius 2 is 0.605 bits per heavy atom. The van der Waals surface area contributed by atoms with Gasteiger partial charge in [-0.3, -0.25) is 9.59 Å². The third kappa shape index (κ3) is 22.9. The van der Waals surface area contributed by atoms with Crippen molar-refractivity contribution in [2.45, 2.75) is 182 Å². The normalized spacial score (nSPS) is 11.2. The largest absolute Gasteiger partial charge is 0.341 e. The lowest BCUT2D eigenvalue weighted by Crippen LogP contribution is -2.41. The number of unbranched alkanes of at least 4 members (excludes halogenated alkanes) is 18. The monoisotopic (exact) mass is 537 g/mol. The third-order valence-electron chi connectivity index (χ3n) is 7.90. The van der Waals surface area contributed by atoms with Crippen LogP contribution >= 0.6 is 0 Å². The first-order valence-electron chi connectivity index (χ1n) is 17.2. The van der Waals surface area contributed by atoms with E-state index in [0.29, 0.717) is 37.7 Å². The fourth-order valence-electron chi connectivity index (χ4n) is 5.15. The van der Waals surface area contributed by atoms with E-state index in [1.807, 2.05) is 0 Å². The van der Waals surface area contributed by atoms with E-state index in [9.17, 15) is 9.59 Å². The first-order chi connectivity index (χ1) is 18.6. The molecule has 2 amide bonds. The van der Waals surface area contributed by atoms with Gasteiger partial charge in [0.1, 0.15) is 0 Å². The van der Waals surface area contributed by atoms with Gasteiger partial charge in [-0.1, -0.05) is 143 Å². The van der Waals surface area contributed by atoms with Crippen molar-refractivity contribution in [1.82, 2.24) is 9.80 Å². The average Bonchev–Trinajstić information content (AvgIpc) is 2.92. The molecular formula is C34H68N2O2. The van der Waals surface area contributed by atoms with Crippen molar-refractivity contribution >= 4 is 11.8 Å². The molecule has 0 spiro atoms. The summed E-state index contributed by atoms with van der Waals surface area (Å²) in [5.41, 5.74) is 0. The van der Waals surface area contributed by atoms with Gasteiger partial charge in [0.05, 0.1) is 0 Å². The lowest BCUT2D eigenvalue weighted by Gasteiger charge is -2.28. The predicted octanol–water partition coefficient (Wildman–Crippen LogP) is 10.1. The van der Waals surface area contributed by atoms with Gasteiger partial charge in [0, 0.05) is 39.0 Å². The quantitative estimate of drug-likeness (QED) is 0.0892. The molecule has 0 rings (SSSR count). The van der Waals surface area contributed by atoms with Crippen LogP contribution < -0.4 is 0 Å². The molecule has 0 radical (unpaired) electrons. The second-order valence-electron chi connectivity index (χ2n) is 11.6. The maximum Gasteiger partial charge on any atom is 0.222 e. The Morgan fingerprint density at radius 1 is 0.342 bits per heavy atom. The molecule has 0 N–H and O–H groups in total. The molecule has 0 aromatic heterocycles. The van der Waals surface area contributed by atoms with Crippen molar-refractivity contribution in [3.8, 4) is 0 Å². The summed E-state index contributed by atoms with van der Waals surface area (Å²) in [4.78, 5) is 30.2. The van der Waals surface area contributed by atoms with Gasteiger partial charge in [0.15, 0.2) is 0 Å². The number of carbonyl (C=O) groups is 2. The third-order valence-corrected chi connectivity index (χ3v) is 7.90. The number of hydrogen-bond donors (Lipinski definition) is 0. The van der Waals surface area contributed by atoms with Crippen LogP contribution in [0.3, 0.4) is 0 Å². The molecule has 226 valence electrons. The first kappa shape index (κ1) is 36.9. The van der Waals surface area contributed by atoms with Crippen LogP contribution in [-0.2, 0) is 9.59 Å². The van der Waals surface area contributed by atoms with Gasteiger partial charge in [-0.15, -0.1) is 0 Å². The zero-order chi connectivity index (χ0) is 28.1. The minimum absolute atomic E-state index is 0.295. The zero-order valence-corrected chi connectivity index (χ0v) is 26.5. The molecule has 4 heteroatoms. The van der Waals surface area contributed by atoms with Crippen molar-refractivity contribution in [1.29, 1.82) is 0 Å². The maximum atomic E-state index is 13.0. The first-order valence-corrected chi connectivity index (χ1v) is 17.2. The highest BCUT2D eigenvalue weighted by Gasteiger charge is 2.17. The second kappa shape index (κ2) is 28.9. The Hall–Kier alpha value is -1.06. The van der Waals surface area contributed by atoms with Crippen LogP contribution in [0.2, 0.25) is 0 Å². The summed E-state index contributed by atoms with van der Waals surface area (Å²) in [5.74, 6) is 0.589. The van der Waals surface area contributed by atoms with E-state index in [-0.39, 0.29) is 0 Å². The average molecular weight is 537 g/mol. The zero-order valence-electron chi connectivity index (χ0n) is 26.5. The van der Waals surface area contributed by atoms with Gasteiger partial charge in [0.25, 0.3) is 0 Å². The van der Waals surface area contributed by atoms with Gasteiger partial charge in [-0.2, -0.15) is 0 Å². The smallest absolute Gasteiger partial charge is 0.222 e. The number of rotatable bonds is 29. The number of nitrogens with zero attached hydrogens (tertiary/aromatic N) is 2. The van der Waals surface area contributed by atoms with Crippen molar-refractivity contribution in [2.24, 2.45) is 0 Å². The SMILES string of the molecule is CCCCCCCCCCCC(=O)N(CCCC)CCN(CCCC)C(=O)CCCCCCCCCCC. The standard InChI is InChI=1S/C34H68N2O2/c1-5-9-13-15-17-19-21-23-25-27-33(37)35(29-11-7-3)31-32-36(30-12-8-4)34(38)28-26-24-22-20-18-16-14-10-6-2/h5-32H2,1-4H3. The van der Waals surface area contributed by atoms with Gasteiger partial charge in [-0.25, -0.2) is 0 Å². The highest BCUT2D eigenvalue weighted by molar-refractivity contribution is 5.77. The Labute approximate surface area is 239 Å². The molecule has 0 heterocycles.